The molecule has 1 aromatic heterocycles. The van der Waals surface area contributed by atoms with E-state index in [-0.39, 0.29) is 29.6 Å². The Morgan fingerprint density at radius 2 is 2.05 bits per heavy atom. The van der Waals surface area contributed by atoms with E-state index in [1.165, 1.54) is 0 Å². The molecule has 1 atom stereocenters. The molecule has 0 spiro atoms. The summed E-state index contributed by atoms with van der Waals surface area (Å²) in [4.78, 5) is 53.0. The Balaban J connectivity index is 0.00000400. The first-order valence-electron chi connectivity index (χ1n) is 5.35. The number of H-pyrrole nitrogens is 1. The molecule has 0 aliphatic carbocycles. The zero-order chi connectivity index (χ0) is 15.3. The third-order valence-corrected chi connectivity index (χ3v) is 2.66. The molecule has 0 aliphatic rings. The van der Waals surface area contributed by atoms with Crippen LogP contribution in [-0.4, -0.2) is 79.0 Å². The fourth-order valence-corrected chi connectivity index (χ4v) is 1.69. The molecular formula is C9H14N2NaO8P. The summed E-state index contributed by atoms with van der Waals surface area (Å²) in [6, 6.07) is 0.962. The second kappa shape index (κ2) is 8.76. The molecule has 0 unspecified atom stereocenters. The van der Waals surface area contributed by atoms with Crippen LogP contribution in [0.3, 0.4) is 0 Å². The van der Waals surface area contributed by atoms with Crippen molar-refractivity contribution in [3.05, 3.63) is 33.1 Å². The van der Waals surface area contributed by atoms with Crippen LogP contribution in [0.5, 0.6) is 0 Å². The number of nitrogens with one attached hydrogen (secondary N) is 1. The van der Waals surface area contributed by atoms with Crippen molar-refractivity contribution in [1.29, 1.82) is 0 Å². The summed E-state index contributed by atoms with van der Waals surface area (Å²) >= 11 is 0. The summed E-state index contributed by atoms with van der Waals surface area (Å²) < 4.78 is 15.9. The third-order valence-electron chi connectivity index (χ3n) is 2.18. The van der Waals surface area contributed by atoms with E-state index in [0.717, 1.165) is 12.3 Å². The number of carbonyl (C=O) groups excluding carboxylic acids is 1. The van der Waals surface area contributed by atoms with Gasteiger partial charge < -0.3 is 19.6 Å². The van der Waals surface area contributed by atoms with Gasteiger partial charge in [0, 0.05) is 12.3 Å². The molecule has 1 aromatic rings. The normalized spacial score (nSPS) is 12.5. The van der Waals surface area contributed by atoms with Gasteiger partial charge in [-0.2, -0.15) is 0 Å². The van der Waals surface area contributed by atoms with Crippen molar-refractivity contribution in [2.75, 3.05) is 13.0 Å². The average molecular weight is 332 g/mol. The molecule has 0 saturated heterocycles. The number of aliphatic hydroxyl groups excluding tert-OH is 1. The van der Waals surface area contributed by atoms with Gasteiger partial charge in [0.2, 0.25) is 5.91 Å². The van der Waals surface area contributed by atoms with E-state index in [0.29, 0.717) is 4.57 Å². The topological polar surface area (TPSA) is 159 Å². The van der Waals surface area contributed by atoms with Gasteiger partial charge in [-0.15, -0.1) is 0 Å². The number of aliphatic hydroxyl groups is 1. The summed E-state index contributed by atoms with van der Waals surface area (Å²) in [6.07, 6.45) is -1.65. The van der Waals surface area contributed by atoms with Crippen molar-refractivity contribution >= 4 is 43.1 Å². The van der Waals surface area contributed by atoms with E-state index >= 15 is 0 Å². The van der Waals surface area contributed by atoms with Crippen molar-refractivity contribution in [2.24, 2.45) is 0 Å². The van der Waals surface area contributed by atoms with Gasteiger partial charge in [-0.3, -0.25) is 19.1 Å². The molecular weight excluding hydrogens is 318 g/mol. The molecule has 0 radical (unpaired) electrons. The van der Waals surface area contributed by atoms with Gasteiger partial charge in [0.15, 0.2) is 0 Å². The molecule has 0 bridgehead atoms. The van der Waals surface area contributed by atoms with E-state index in [1.54, 1.807) is 0 Å². The number of ether oxygens (including phenoxy) is 1. The predicted octanol–water partition coefficient (Wildman–Crippen LogP) is -2.57. The Labute approximate surface area is 140 Å². The second-order valence-electron chi connectivity index (χ2n) is 3.84. The van der Waals surface area contributed by atoms with E-state index in [1.807, 2.05) is 4.98 Å². The van der Waals surface area contributed by atoms with Crippen molar-refractivity contribution in [3.63, 3.8) is 0 Å². The second-order valence-corrected chi connectivity index (χ2v) is 5.43. The van der Waals surface area contributed by atoms with Crippen molar-refractivity contribution in [3.8, 4) is 0 Å². The minimum absolute atomic E-state index is 0. The third kappa shape index (κ3) is 7.30. The standard InChI is InChI=1S/C9H13N2O8P.Na.H/c12-4-6(19-5-20(16,17)18)3-8(14)11-2-1-7(13)10-9(11)15;;/h1-2,6,12H,3-5H2,(H,10,13,15)(H2,16,17,18);;/t6-;;/m0../s1. The van der Waals surface area contributed by atoms with Crippen LogP contribution in [0.25, 0.3) is 0 Å². The maximum absolute atomic E-state index is 11.7. The van der Waals surface area contributed by atoms with Crippen LogP contribution in [-0.2, 0) is 9.30 Å². The molecule has 114 valence electrons. The summed E-state index contributed by atoms with van der Waals surface area (Å²) in [5.74, 6) is -0.795. The molecule has 10 nitrogen and oxygen atoms in total. The number of hydrogen-bond acceptors (Lipinski definition) is 6. The molecule has 12 heteroatoms. The van der Waals surface area contributed by atoms with Crippen LogP contribution in [0.1, 0.15) is 11.2 Å². The Bertz CT molecular complexity index is 635. The van der Waals surface area contributed by atoms with Gasteiger partial charge in [-0.05, 0) is 0 Å². The maximum atomic E-state index is 11.7. The summed E-state index contributed by atoms with van der Waals surface area (Å²) in [6.45, 7) is -0.663. The quantitative estimate of drug-likeness (QED) is 0.327. The number of aromatic amines is 1. The average Bonchev–Trinajstić information content (AvgIpc) is 2.33. The van der Waals surface area contributed by atoms with E-state index in [4.69, 9.17) is 19.6 Å². The number of hydrogen-bond donors (Lipinski definition) is 4. The van der Waals surface area contributed by atoms with Crippen LogP contribution < -0.4 is 11.2 Å². The Hall–Kier alpha value is -0.580. The van der Waals surface area contributed by atoms with E-state index < -0.39 is 50.2 Å². The van der Waals surface area contributed by atoms with Gasteiger partial charge in [-0.1, -0.05) is 0 Å². The Kier molecular flexibility index (Phi) is 8.52. The van der Waals surface area contributed by atoms with E-state index in [9.17, 15) is 18.9 Å². The first kappa shape index (κ1) is 20.4. The molecule has 0 aliphatic heterocycles. The van der Waals surface area contributed by atoms with Gasteiger partial charge in [0.1, 0.15) is 6.35 Å². The van der Waals surface area contributed by atoms with Crippen LogP contribution in [0.15, 0.2) is 21.9 Å². The van der Waals surface area contributed by atoms with E-state index in [2.05, 4.69) is 0 Å². The van der Waals surface area contributed by atoms with Crippen molar-refractivity contribution < 1.29 is 29.0 Å². The van der Waals surface area contributed by atoms with Gasteiger partial charge in [0.05, 0.1) is 19.1 Å². The fourth-order valence-electron chi connectivity index (χ4n) is 1.29. The van der Waals surface area contributed by atoms with Crippen molar-refractivity contribution in [2.45, 2.75) is 12.5 Å². The minimum atomic E-state index is -4.42. The van der Waals surface area contributed by atoms with Crippen LogP contribution in [0, 0.1) is 0 Å². The zero-order valence-electron chi connectivity index (χ0n) is 10.1. The number of aromatic nitrogens is 2. The molecule has 4 N–H and O–H groups in total. The Morgan fingerprint density at radius 1 is 1.43 bits per heavy atom. The first-order chi connectivity index (χ1) is 9.23. The summed E-state index contributed by atoms with van der Waals surface area (Å²) in [5.41, 5.74) is -1.62. The van der Waals surface area contributed by atoms with Crippen LogP contribution in [0.4, 0.5) is 0 Å². The Morgan fingerprint density at radius 3 is 2.52 bits per heavy atom. The molecule has 1 rings (SSSR count). The summed E-state index contributed by atoms with van der Waals surface area (Å²) in [5, 5.41) is 8.96. The number of carbonyl (C=O) groups is 1. The molecule has 0 fully saturated rings. The monoisotopic (exact) mass is 332 g/mol. The molecule has 0 amide bonds. The van der Waals surface area contributed by atoms with Crippen LogP contribution >= 0.6 is 7.60 Å². The van der Waals surface area contributed by atoms with Gasteiger partial charge in [0.25, 0.3) is 5.56 Å². The molecule has 1 heterocycles. The fraction of sp³-hybridized carbons (Fsp3) is 0.444. The van der Waals surface area contributed by atoms with Crippen LogP contribution in [0.2, 0.25) is 0 Å². The number of rotatable bonds is 6. The molecule has 0 aromatic carbocycles. The van der Waals surface area contributed by atoms with Gasteiger partial charge >= 0.3 is 42.8 Å². The number of nitrogens with zero attached hydrogens (tertiary/aromatic N) is 1. The predicted molar refractivity (Wildman–Crippen MR) is 72.6 cm³/mol. The SMILES string of the molecule is O=C(C[C@@H](CO)OCP(=O)(O)O)n1ccc(=O)[nH]c1=O.[NaH]. The summed E-state index contributed by atoms with van der Waals surface area (Å²) in [7, 11) is -4.42. The first-order valence-corrected chi connectivity index (χ1v) is 7.15. The van der Waals surface area contributed by atoms with Gasteiger partial charge in [-0.25, -0.2) is 9.36 Å². The molecule has 21 heavy (non-hydrogen) atoms. The zero-order valence-corrected chi connectivity index (χ0v) is 11.0. The molecule has 0 saturated carbocycles. The van der Waals surface area contributed by atoms with Crippen molar-refractivity contribution in [1.82, 2.24) is 9.55 Å².